The molecule has 3 N–H and O–H groups in total. The highest BCUT2D eigenvalue weighted by atomic mass is 32.2. The van der Waals surface area contributed by atoms with Crippen LogP contribution in [0, 0.1) is 0 Å². The number of carbonyl (C=O) groups is 2. The van der Waals surface area contributed by atoms with Gasteiger partial charge in [0.05, 0.1) is 5.69 Å². The van der Waals surface area contributed by atoms with Crippen molar-refractivity contribution in [1.29, 1.82) is 0 Å². The van der Waals surface area contributed by atoms with E-state index in [0.717, 1.165) is 42.1 Å². The first-order valence-electron chi connectivity index (χ1n) is 8.19. The first-order valence-corrected chi connectivity index (χ1v) is 9.18. The van der Waals surface area contributed by atoms with Gasteiger partial charge in [-0.3, -0.25) is 9.59 Å². The summed E-state index contributed by atoms with van der Waals surface area (Å²) in [6.45, 7) is 2.72. The molecule has 2 amide bonds. The summed E-state index contributed by atoms with van der Waals surface area (Å²) in [5, 5.41) is 2.90. The Morgan fingerprint density at radius 1 is 1.43 bits per heavy atom. The predicted molar refractivity (Wildman–Crippen MR) is 92.7 cm³/mol. The Morgan fingerprint density at radius 3 is 3.04 bits per heavy atom. The summed E-state index contributed by atoms with van der Waals surface area (Å²) < 4.78 is 0. The number of thioether (sulfide) groups is 1. The Morgan fingerprint density at radius 2 is 2.26 bits per heavy atom. The van der Waals surface area contributed by atoms with Gasteiger partial charge in [0, 0.05) is 41.3 Å². The highest BCUT2D eigenvalue weighted by Gasteiger charge is 2.30. The second-order valence-electron chi connectivity index (χ2n) is 6.28. The van der Waals surface area contributed by atoms with Crippen molar-refractivity contribution in [1.82, 2.24) is 4.90 Å². The molecule has 0 radical (unpaired) electrons. The number of amides is 2. The fourth-order valence-electron chi connectivity index (χ4n) is 3.27. The summed E-state index contributed by atoms with van der Waals surface area (Å²) in [5.74, 6) is 0.788. The largest absolute Gasteiger partial charge is 0.334 e. The molecular weight excluding hydrogens is 310 g/mol. The monoisotopic (exact) mass is 333 g/mol. The molecule has 1 aromatic carbocycles. The predicted octanol–water partition coefficient (Wildman–Crippen LogP) is 2.46. The van der Waals surface area contributed by atoms with Gasteiger partial charge >= 0.3 is 0 Å². The summed E-state index contributed by atoms with van der Waals surface area (Å²) in [6, 6.07) is 5.66. The van der Waals surface area contributed by atoms with Crippen molar-refractivity contribution in [2.45, 2.75) is 49.6 Å². The summed E-state index contributed by atoms with van der Waals surface area (Å²) in [4.78, 5) is 27.6. The zero-order valence-electron chi connectivity index (χ0n) is 13.4. The molecule has 124 valence electrons. The first-order chi connectivity index (χ1) is 11.1. The lowest BCUT2D eigenvalue weighted by Gasteiger charge is -2.38. The molecule has 5 nitrogen and oxygen atoms in total. The maximum Gasteiger partial charge on any atom is 0.254 e. The molecule has 6 heteroatoms. The maximum atomic E-state index is 12.9. The van der Waals surface area contributed by atoms with Crippen molar-refractivity contribution >= 4 is 29.3 Å². The van der Waals surface area contributed by atoms with E-state index in [-0.39, 0.29) is 23.9 Å². The van der Waals surface area contributed by atoms with Crippen LogP contribution in [0.25, 0.3) is 0 Å². The summed E-state index contributed by atoms with van der Waals surface area (Å²) >= 11 is 1.65. The number of likely N-dealkylation sites (tertiary alicyclic amines) is 1. The van der Waals surface area contributed by atoms with Crippen LogP contribution in [0.15, 0.2) is 23.1 Å². The van der Waals surface area contributed by atoms with Gasteiger partial charge in [0.25, 0.3) is 5.91 Å². The molecule has 0 aromatic heterocycles. The van der Waals surface area contributed by atoms with Crippen molar-refractivity contribution in [3.05, 3.63) is 23.8 Å². The molecule has 0 aliphatic carbocycles. The van der Waals surface area contributed by atoms with Crippen molar-refractivity contribution in [2.75, 3.05) is 17.6 Å². The Bertz CT molecular complexity index is 618. The number of carbonyl (C=O) groups excluding carboxylic acids is 2. The molecule has 0 bridgehead atoms. The first kappa shape index (κ1) is 16.3. The number of nitrogens with one attached hydrogen (secondary N) is 1. The van der Waals surface area contributed by atoms with Crippen LogP contribution >= 0.6 is 11.8 Å². The smallest absolute Gasteiger partial charge is 0.254 e. The second-order valence-corrected chi connectivity index (χ2v) is 7.42. The van der Waals surface area contributed by atoms with Crippen LogP contribution in [0.4, 0.5) is 5.69 Å². The van der Waals surface area contributed by atoms with Gasteiger partial charge in [0.15, 0.2) is 0 Å². The SMILES string of the molecule is CC(N)C1CCCCN1C(=O)c1ccc2c(c1)NC(=O)CCS2. The third-order valence-electron chi connectivity index (χ3n) is 4.50. The van der Waals surface area contributed by atoms with Crippen LogP contribution in [-0.4, -0.2) is 41.1 Å². The van der Waals surface area contributed by atoms with Crippen molar-refractivity contribution in [3.8, 4) is 0 Å². The molecule has 1 aromatic rings. The minimum Gasteiger partial charge on any atom is -0.334 e. The maximum absolute atomic E-state index is 12.9. The Hall–Kier alpha value is -1.53. The molecular formula is C17H23N3O2S. The van der Waals surface area contributed by atoms with Gasteiger partial charge in [0.1, 0.15) is 0 Å². The van der Waals surface area contributed by atoms with E-state index in [1.54, 1.807) is 17.8 Å². The Balaban J connectivity index is 1.86. The summed E-state index contributed by atoms with van der Waals surface area (Å²) in [5.41, 5.74) is 7.44. The van der Waals surface area contributed by atoms with E-state index >= 15 is 0 Å². The van der Waals surface area contributed by atoms with Gasteiger partial charge in [-0.1, -0.05) is 0 Å². The standard InChI is InChI=1S/C17H23N3O2S/c1-11(18)14-4-2-3-8-20(14)17(22)12-5-6-15-13(10-12)19-16(21)7-9-23-15/h5-6,10-11,14H,2-4,7-9,18H2,1H3,(H,19,21). The van der Waals surface area contributed by atoms with Crippen molar-refractivity contribution in [3.63, 3.8) is 0 Å². The van der Waals surface area contributed by atoms with Gasteiger partial charge < -0.3 is 16.0 Å². The normalized spacial score (nSPS) is 22.8. The minimum absolute atomic E-state index is 0.00674. The van der Waals surface area contributed by atoms with E-state index < -0.39 is 0 Å². The van der Waals surface area contributed by atoms with E-state index in [2.05, 4.69) is 5.32 Å². The molecule has 3 rings (SSSR count). The van der Waals surface area contributed by atoms with Crippen LogP contribution in [0.3, 0.4) is 0 Å². The fraction of sp³-hybridized carbons (Fsp3) is 0.529. The number of anilines is 1. The van der Waals surface area contributed by atoms with E-state index in [9.17, 15) is 9.59 Å². The highest BCUT2D eigenvalue weighted by Crippen LogP contribution is 2.32. The van der Waals surface area contributed by atoms with Crippen LogP contribution in [0.2, 0.25) is 0 Å². The molecule has 0 saturated carbocycles. The topological polar surface area (TPSA) is 75.4 Å². The lowest BCUT2D eigenvalue weighted by Crippen LogP contribution is -2.51. The van der Waals surface area contributed by atoms with Crippen molar-refractivity contribution < 1.29 is 9.59 Å². The van der Waals surface area contributed by atoms with Gasteiger partial charge in [-0.05, 0) is 44.4 Å². The van der Waals surface area contributed by atoms with Gasteiger partial charge in [-0.2, -0.15) is 0 Å². The van der Waals surface area contributed by atoms with E-state index in [1.165, 1.54) is 0 Å². The zero-order chi connectivity index (χ0) is 16.4. The van der Waals surface area contributed by atoms with Crippen LogP contribution in [0.5, 0.6) is 0 Å². The minimum atomic E-state index is -0.0321. The van der Waals surface area contributed by atoms with Crippen LogP contribution in [0.1, 0.15) is 43.0 Å². The van der Waals surface area contributed by atoms with E-state index in [4.69, 9.17) is 5.73 Å². The molecule has 2 aliphatic heterocycles. The second kappa shape index (κ2) is 6.93. The molecule has 2 aliphatic rings. The highest BCUT2D eigenvalue weighted by molar-refractivity contribution is 7.99. The number of benzene rings is 1. The summed E-state index contributed by atoms with van der Waals surface area (Å²) in [7, 11) is 0. The Kier molecular flexibility index (Phi) is 4.92. The lowest BCUT2D eigenvalue weighted by molar-refractivity contribution is -0.115. The molecule has 2 unspecified atom stereocenters. The number of piperidine rings is 1. The number of rotatable bonds is 2. The van der Waals surface area contributed by atoms with E-state index in [1.807, 2.05) is 24.0 Å². The number of hydrogen-bond acceptors (Lipinski definition) is 4. The van der Waals surface area contributed by atoms with Gasteiger partial charge in [-0.15, -0.1) is 11.8 Å². The quantitative estimate of drug-likeness (QED) is 0.872. The van der Waals surface area contributed by atoms with E-state index in [0.29, 0.717) is 12.0 Å². The third kappa shape index (κ3) is 3.53. The molecule has 2 heterocycles. The average molecular weight is 333 g/mol. The number of fused-ring (bicyclic) bond motifs is 1. The molecule has 23 heavy (non-hydrogen) atoms. The van der Waals surface area contributed by atoms with Gasteiger partial charge in [-0.25, -0.2) is 0 Å². The molecule has 2 atom stereocenters. The van der Waals surface area contributed by atoms with Crippen LogP contribution < -0.4 is 11.1 Å². The molecule has 1 fully saturated rings. The zero-order valence-corrected chi connectivity index (χ0v) is 14.2. The fourth-order valence-corrected chi connectivity index (χ4v) is 4.21. The van der Waals surface area contributed by atoms with Gasteiger partial charge in [0.2, 0.25) is 5.91 Å². The third-order valence-corrected chi connectivity index (χ3v) is 5.58. The number of nitrogens with two attached hydrogens (primary N) is 1. The Labute approximate surface area is 141 Å². The number of nitrogens with zero attached hydrogens (tertiary/aromatic N) is 1. The molecule has 0 spiro atoms. The van der Waals surface area contributed by atoms with Crippen LogP contribution in [-0.2, 0) is 4.79 Å². The average Bonchev–Trinajstić information content (AvgIpc) is 2.73. The van der Waals surface area contributed by atoms with Crippen molar-refractivity contribution in [2.24, 2.45) is 5.73 Å². The summed E-state index contributed by atoms with van der Waals surface area (Å²) in [6.07, 6.45) is 3.60. The number of hydrogen-bond donors (Lipinski definition) is 2. The lowest BCUT2D eigenvalue weighted by atomic mass is 9.96. The molecule has 1 saturated heterocycles.